The summed E-state index contributed by atoms with van der Waals surface area (Å²) in [6.07, 6.45) is 7.69. The van der Waals surface area contributed by atoms with E-state index in [4.69, 9.17) is 9.47 Å². The average Bonchev–Trinajstić information content (AvgIpc) is 3.52. The number of benzene rings is 2. The van der Waals surface area contributed by atoms with Crippen LogP contribution < -0.4 is 10.1 Å². The molecule has 0 unspecified atom stereocenters. The molecule has 2 aliphatic rings. The van der Waals surface area contributed by atoms with Gasteiger partial charge in [-0.3, -0.25) is 9.58 Å². The van der Waals surface area contributed by atoms with Gasteiger partial charge in [-0.05, 0) is 55.3 Å². The maximum atomic E-state index is 6.79. The highest BCUT2D eigenvalue weighted by Gasteiger charge is 2.31. The molecule has 2 saturated heterocycles. The van der Waals surface area contributed by atoms with Crippen LogP contribution in [0.4, 0.5) is 11.5 Å². The van der Waals surface area contributed by atoms with E-state index in [1.54, 1.807) is 17.7 Å². The van der Waals surface area contributed by atoms with Crippen LogP contribution in [0.5, 0.6) is 5.75 Å². The van der Waals surface area contributed by atoms with Gasteiger partial charge in [0.2, 0.25) is 0 Å². The highest BCUT2D eigenvalue weighted by atomic mass is 32.1. The fourth-order valence-corrected chi connectivity index (χ4v) is 5.87. The van der Waals surface area contributed by atoms with Crippen molar-refractivity contribution in [2.24, 2.45) is 7.05 Å². The number of piperidine rings is 1. The normalized spacial score (nSPS) is 18.8. The number of fused-ring (bicyclic) bond motifs is 2. The number of ether oxygens (including phenoxy) is 2. The lowest BCUT2D eigenvalue weighted by atomic mass is 10.0. The lowest BCUT2D eigenvalue weighted by Crippen LogP contribution is -2.54. The Morgan fingerprint density at radius 3 is 2.86 bits per heavy atom. The zero-order valence-electron chi connectivity index (χ0n) is 20.5. The van der Waals surface area contributed by atoms with Gasteiger partial charge in [-0.2, -0.15) is 5.10 Å². The first-order valence-electron chi connectivity index (χ1n) is 12.6. The number of hydrogen-bond acceptors (Lipinski definition) is 9. The molecule has 7 rings (SSSR count). The molecule has 2 aromatic carbocycles. The van der Waals surface area contributed by atoms with Gasteiger partial charge in [-0.25, -0.2) is 15.0 Å². The van der Waals surface area contributed by atoms with E-state index in [1.165, 1.54) is 0 Å². The third-order valence-corrected chi connectivity index (χ3v) is 7.97. The highest BCUT2D eigenvalue weighted by Crippen LogP contribution is 2.38. The van der Waals surface area contributed by atoms with E-state index in [0.717, 1.165) is 88.6 Å². The van der Waals surface area contributed by atoms with Crippen molar-refractivity contribution in [1.29, 1.82) is 0 Å². The Morgan fingerprint density at radius 2 is 2.03 bits per heavy atom. The predicted molar refractivity (Wildman–Crippen MR) is 144 cm³/mol. The number of thiazole rings is 1. The number of hydrogen-bond donors (Lipinski definition) is 1. The molecule has 2 aliphatic heterocycles. The van der Waals surface area contributed by atoms with Crippen molar-refractivity contribution in [3.63, 3.8) is 0 Å². The maximum absolute atomic E-state index is 6.79. The maximum Gasteiger partial charge on any atom is 0.145 e. The summed E-state index contributed by atoms with van der Waals surface area (Å²) in [6, 6.07) is 10.8. The van der Waals surface area contributed by atoms with E-state index < -0.39 is 0 Å². The molecule has 0 spiro atoms. The van der Waals surface area contributed by atoms with E-state index in [-0.39, 0.29) is 6.10 Å². The van der Waals surface area contributed by atoms with Gasteiger partial charge < -0.3 is 14.8 Å². The molecule has 5 aromatic rings. The van der Waals surface area contributed by atoms with Crippen LogP contribution in [0.2, 0.25) is 0 Å². The fourth-order valence-electron chi connectivity index (χ4n) is 5.16. The summed E-state index contributed by atoms with van der Waals surface area (Å²) in [7, 11) is 1.92. The third kappa shape index (κ3) is 4.41. The Balaban J connectivity index is 1.28. The summed E-state index contributed by atoms with van der Waals surface area (Å²) in [5.41, 5.74) is 6.68. The van der Waals surface area contributed by atoms with Gasteiger partial charge in [0.05, 0.1) is 52.1 Å². The third-order valence-electron chi connectivity index (χ3n) is 7.17. The first kappa shape index (κ1) is 22.6. The lowest BCUT2D eigenvalue weighted by Gasteiger charge is -2.41. The first-order valence-corrected chi connectivity index (χ1v) is 13.4. The van der Waals surface area contributed by atoms with Gasteiger partial charge >= 0.3 is 0 Å². The zero-order chi connectivity index (χ0) is 24.8. The summed E-state index contributed by atoms with van der Waals surface area (Å²) in [6.45, 7) is 3.63. The largest absolute Gasteiger partial charge is 0.488 e. The topological polar surface area (TPSA) is 90.2 Å². The van der Waals surface area contributed by atoms with E-state index >= 15 is 0 Å². The minimum atomic E-state index is 0.0864. The van der Waals surface area contributed by atoms with Crippen LogP contribution >= 0.6 is 11.3 Å². The van der Waals surface area contributed by atoms with Crippen LogP contribution in [0.15, 0.2) is 54.6 Å². The van der Waals surface area contributed by atoms with Gasteiger partial charge in [0, 0.05) is 31.0 Å². The fraction of sp³-hybridized carbons (Fsp3) is 0.333. The average molecular weight is 514 g/mol. The van der Waals surface area contributed by atoms with Gasteiger partial charge in [-0.15, -0.1) is 11.3 Å². The van der Waals surface area contributed by atoms with Gasteiger partial charge in [-0.1, -0.05) is 0 Å². The number of nitrogens with one attached hydrogen (secondary N) is 1. The standard InChI is InChI=1S/C27H27N7O2S/c1-33-11-18(10-31-33)17-7-23-26(24(8-17)36-21-3-2-6-34(12-21)20-13-35-14-20)27(29-15-28-23)32-19-4-5-22-25(9-19)37-16-30-22/h4-5,7-11,15-16,20-21H,2-3,6,12-14H2,1H3,(H,28,29,32)/t21-/m0/s1. The second-order valence-corrected chi connectivity index (χ2v) is 10.6. The molecule has 0 bridgehead atoms. The smallest absolute Gasteiger partial charge is 0.145 e. The Kier molecular flexibility index (Phi) is 5.72. The molecule has 1 N–H and O–H groups in total. The number of aromatic nitrogens is 5. The van der Waals surface area contributed by atoms with Crippen molar-refractivity contribution in [3.05, 3.63) is 54.6 Å². The van der Waals surface area contributed by atoms with Gasteiger partial charge in [0.15, 0.2) is 0 Å². The number of nitrogens with zero attached hydrogens (tertiary/aromatic N) is 6. The van der Waals surface area contributed by atoms with E-state index in [0.29, 0.717) is 6.04 Å². The molecule has 9 nitrogen and oxygen atoms in total. The van der Waals surface area contributed by atoms with Crippen LogP contribution in [0, 0.1) is 0 Å². The molecule has 188 valence electrons. The minimum Gasteiger partial charge on any atom is -0.488 e. The number of likely N-dealkylation sites (tertiary alicyclic amines) is 1. The minimum absolute atomic E-state index is 0.0864. The molecule has 0 amide bonds. The molecule has 3 aromatic heterocycles. The highest BCUT2D eigenvalue weighted by molar-refractivity contribution is 7.16. The molecular formula is C27H27N7O2S. The summed E-state index contributed by atoms with van der Waals surface area (Å²) in [5, 5.41) is 8.76. The Morgan fingerprint density at radius 1 is 1.08 bits per heavy atom. The van der Waals surface area contributed by atoms with E-state index in [1.807, 2.05) is 41.8 Å². The molecule has 10 heteroatoms. The summed E-state index contributed by atoms with van der Waals surface area (Å²) >= 11 is 1.62. The SMILES string of the molecule is Cn1cc(-c2cc(O[C@H]3CCCN(C4COC4)C3)c3c(Nc4ccc5ncsc5c4)ncnc3c2)cn1. The van der Waals surface area contributed by atoms with Crippen LogP contribution in [-0.2, 0) is 11.8 Å². The molecule has 0 radical (unpaired) electrons. The molecule has 37 heavy (non-hydrogen) atoms. The Hall–Kier alpha value is -3.60. The second kappa shape index (κ2) is 9.37. The summed E-state index contributed by atoms with van der Waals surface area (Å²) < 4.78 is 15.2. The second-order valence-electron chi connectivity index (χ2n) is 9.72. The molecule has 1 atom stereocenters. The van der Waals surface area contributed by atoms with Gasteiger partial charge in [0.1, 0.15) is 24.0 Å². The van der Waals surface area contributed by atoms with Crippen molar-refractivity contribution in [2.75, 3.05) is 31.6 Å². The van der Waals surface area contributed by atoms with Crippen LogP contribution in [-0.4, -0.2) is 68.1 Å². The zero-order valence-corrected chi connectivity index (χ0v) is 21.3. The lowest BCUT2D eigenvalue weighted by molar-refractivity contribution is -0.0824. The summed E-state index contributed by atoms with van der Waals surface area (Å²) in [5.74, 6) is 1.51. The summed E-state index contributed by atoms with van der Waals surface area (Å²) in [4.78, 5) is 16.2. The van der Waals surface area contributed by atoms with Crippen molar-refractivity contribution in [2.45, 2.75) is 25.0 Å². The predicted octanol–water partition coefficient (Wildman–Crippen LogP) is 4.63. The van der Waals surface area contributed by atoms with Crippen molar-refractivity contribution < 1.29 is 9.47 Å². The quantitative estimate of drug-likeness (QED) is 0.352. The molecule has 5 heterocycles. The molecule has 0 aliphatic carbocycles. The van der Waals surface area contributed by atoms with Gasteiger partial charge in [0.25, 0.3) is 0 Å². The van der Waals surface area contributed by atoms with E-state index in [9.17, 15) is 0 Å². The molecule has 0 saturated carbocycles. The van der Waals surface area contributed by atoms with Crippen molar-refractivity contribution >= 4 is 44.0 Å². The Bertz CT molecular complexity index is 1580. The van der Waals surface area contributed by atoms with Crippen molar-refractivity contribution in [3.8, 4) is 16.9 Å². The van der Waals surface area contributed by atoms with Crippen LogP contribution in [0.1, 0.15) is 12.8 Å². The number of aryl methyl sites for hydroxylation is 1. The number of rotatable bonds is 6. The van der Waals surface area contributed by atoms with Crippen LogP contribution in [0.25, 0.3) is 32.2 Å². The van der Waals surface area contributed by atoms with Crippen LogP contribution in [0.3, 0.4) is 0 Å². The molecular weight excluding hydrogens is 486 g/mol. The van der Waals surface area contributed by atoms with E-state index in [2.05, 4.69) is 48.5 Å². The monoisotopic (exact) mass is 513 g/mol. The Labute approximate surface area is 218 Å². The number of anilines is 2. The van der Waals surface area contributed by atoms with Crippen molar-refractivity contribution in [1.82, 2.24) is 29.6 Å². The molecule has 2 fully saturated rings. The first-order chi connectivity index (χ1) is 18.2.